The Hall–Kier alpha value is 0.380. The standard InChI is InChI=1S/C28H63N3O2.2ClH/c1-8-15-16-17-18-19-20-21-22-29(23-27(32)25-30(9-2,10-3)11-4)24-28(33)26-31(12-5,13-6)14-7;;/h27-28,32-33H,8-26H2,1-7H3;2*1H/q+2;;/p-2. The van der Waals surface area contributed by atoms with Crippen LogP contribution < -0.4 is 24.8 Å². The number of quaternary nitrogens is 2. The van der Waals surface area contributed by atoms with Gasteiger partial charge in [0, 0.05) is 13.1 Å². The molecule has 0 rings (SSSR count). The van der Waals surface area contributed by atoms with Crippen molar-refractivity contribution in [3.63, 3.8) is 0 Å². The number of hydrogen-bond donors (Lipinski definition) is 2. The molecule has 0 saturated heterocycles. The summed E-state index contributed by atoms with van der Waals surface area (Å²) in [5.41, 5.74) is 0. The summed E-state index contributed by atoms with van der Waals surface area (Å²) in [6.45, 7) is 26.0. The number of unbranched alkanes of at least 4 members (excludes halogenated alkanes) is 7. The SMILES string of the molecule is CCCCCCCCCCN(CC(O)C[N+](CC)(CC)CC)CC(O)C[N+](CC)(CC)CC.[Cl-].[Cl-]. The van der Waals surface area contributed by atoms with Gasteiger partial charge < -0.3 is 44.0 Å². The lowest BCUT2D eigenvalue weighted by atomic mass is 10.1. The van der Waals surface area contributed by atoms with Gasteiger partial charge in [0.25, 0.3) is 0 Å². The van der Waals surface area contributed by atoms with Crippen molar-refractivity contribution in [2.45, 2.75) is 112 Å². The highest BCUT2D eigenvalue weighted by Gasteiger charge is 2.29. The molecule has 2 unspecified atom stereocenters. The zero-order valence-corrected chi connectivity index (χ0v) is 26.1. The molecule has 0 saturated carbocycles. The van der Waals surface area contributed by atoms with Gasteiger partial charge in [-0.3, -0.25) is 4.90 Å². The summed E-state index contributed by atoms with van der Waals surface area (Å²) in [7, 11) is 0. The van der Waals surface area contributed by atoms with Crippen LogP contribution in [0.5, 0.6) is 0 Å². The topological polar surface area (TPSA) is 43.7 Å². The summed E-state index contributed by atoms with van der Waals surface area (Å²) >= 11 is 0. The molecule has 2 atom stereocenters. The lowest BCUT2D eigenvalue weighted by Crippen LogP contribution is -3.00. The van der Waals surface area contributed by atoms with Crippen LogP contribution in [-0.4, -0.2) is 108 Å². The Balaban J connectivity index is -0.00000512. The van der Waals surface area contributed by atoms with E-state index < -0.39 is 0 Å². The van der Waals surface area contributed by atoms with Crippen molar-refractivity contribution < 1.29 is 44.0 Å². The fourth-order valence-corrected chi connectivity index (χ4v) is 5.45. The Morgan fingerprint density at radius 3 is 1.14 bits per heavy atom. The van der Waals surface area contributed by atoms with E-state index in [4.69, 9.17) is 0 Å². The Kier molecular flexibility index (Phi) is 26.8. The molecule has 0 spiro atoms. The van der Waals surface area contributed by atoms with Crippen molar-refractivity contribution in [3.8, 4) is 0 Å². The highest BCUT2D eigenvalue weighted by atomic mass is 35.5. The average molecular weight is 545 g/mol. The molecule has 0 aromatic rings. The first kappa shape index (κ1) is 39.9. The number of likely N-dealkylation sites (N-methyl/N-ethyl adjacent to an activating group) is 2. The Morgan fingerprint density at radius 2 is 0.829 bits per heavy atom. The van der Waals surface area contributed by atoms with Crippen molar-refractivity contribution in [3.05, 3.63) is 0 Å². The molecule has 7 heteroatoms. The highest BCUT2D eigenvalue weighted by molar-refractivity contribution is 4.70. The van der Waals surface area contributed by atoms with Gasteiger partial charge in [0.2, 0.25) is 0 Å². The third kappa shape index (κ3) is 16.8. The van der Waals surface area contributed by atoms with Crippen molar-refractivity contribution in [2.24, 2.45) is 0 Å². The van der Waals surface area contributed by atoms with E-state index >= 15 is 0 Å². The molecule has 35 heavy (non-hydrogen) atoms. The maximum Gasteiger partial charge on any atom is 0.115 e. The van der Waals surface area contributed by atoms with Gasteiger partial charge >= 0.3 is 0 Å². The van der Waals surface area contributed by atoms with Crippen LogP contribution in [0.3, 0.4) is 0 Å². The summed E-state index contributed by atoms with van der Waals surface area (Å²) in [5.74, 6) is 0. The van der Waals surface area contributed by atoms with Crippen LogP contribution in [0.1, 0.15) is 99.8 Å². The molecule has 0 amide bonds. The smallest absolute Gasteiger partial charge is 0.115 e. The molecule has 5 nitrogen and oxygen atoms in total. The molecule has 0 aromatic heterocycles. The second-order valence-electron chi connectivity index (χ2n) is 10.5. The predicted octanol–water partition coefficient (Wildman–Crippen LogP) is -1.09. The maximum absolute atomic E-state index is 11.0. The molecule has 0 bridgehead atoms. The van der Waals surface area contributed by atoms with E-state index in [2.05, 4.69) is 53.4 Å². The zero-order chi connectivity index (χ0) is 25.2. The quantitative estimate of drug-likeness (QED) is 0.127. The number of halogens is 2. The molecule has 0 radical (unpaired) electrons. The van der Waals surface area contributed by atoms with Crippen molar-refractivity contribution in [2.75, 3.05) is 72.0 Å². The third-order valence-corrected chi connectivity index (χ3v) is 8.49. The van der Waals surface area contributed by atoms with Gasteiger partial charge in [-0.25, -0.2) is 0 Å². The third-order valence-electron chi connectivity index (χ3n) is 8.49. The first-order chi connectivity index (χ1) is 15.8. The summed E-state index contributed by atoms with van der Waals surface area (Å²) in [6, 6.07) is 0. The van der Waals surface area contributed by atoms with E-state index in [-0.39, 0.29) is 37.0 Å². The molecular formula is C28H63Cl2N3O2. The van der Waals surface area contributed by atoms with Crippen LogP contribution in [0.15, 0.2) is 0 Å². The largest absolute Gasteiger partial charge is 1.00 e. The van der Waals surface area contributed by atoms with Gasteiger partial charge in [0.1, 0.15) is 25.3 Å². The first-order valence-electron chi connectivity index (χ1n) is 14.6. The van der Waals surface area contributed by atoms with Crippen molar-refractivity contribution in [1.82, 2.24) is 4.90 Å². The van der Waals surface area contributed by atoms with Crippen LogP contribution in [0.25, 0.3) is 0 Å². The number of aliphatic hydroxyl groups excluding tert-OH is 2. The van der Waals surface area contributed by atoms with E-state index in [1.807, 2.05) is 0 Å². The Labute approximate surface area is 232 Å². The lowest BCUT2D eigenvalue weighted by molar-refractivity contribution is -0.926. The fourth-order valence-electron chi connectivity index (χ4n) is 5.45. The molecule has 0 heterocycles. The molecular weight excluding hydrogens is 481 g/mol. The predicted molar refractivity (Wildman–Crippen MR) is 145 cm³/mol. The minimum atomic E-state index is -0.339. The fraction of sp³-hybridized carbons (Fsp3) is 1.00. The molecule has 216 valence electrons. The van der Waals surface area contributed by atoms with Crippen molar-refractivity contribution >= 4 is 0 Å². The molecule has 2 N–H and O–H groups in total. The second kappa shape index (κ2) is 23.5. The number of rotatable bonds is 23. The second-order valence-corrected chi connectivity index (χ2v) is 10.5. The highest BCUT2D eigenvalue weighted by Crippen LogP contribution is 2.13. The number of hydrogen-bond acceptors (Lipinski definition) is 3. The summed E-state index contributed by atoms with van der Waals surface area (Å²) in [5, 5.41) is 22.0. The zero-order valence-electron chi connectivity index (χ0n) is 24.6. The summed E-state index contributed by atoms with van der Waals surface area (Å²) in [6.07, 6.45) is 9.81. The van der Waals surface area contributed by atoms with Crippen LogP contribution >= 0.6 is 0 Å². The Morgan fingerprint density at radius 1 is 0.514 bits per heavy atom. The van der Waals surface area contributed by atoms with E-state index in [0.717, 1.165) is 74.3 Å². The molecule has 0 aliphatic carbocycles. The summed E-state index contributed by atoms with van der Waals surface area (Å²) < 4.78 is 1.94. The minimum Gasteiger partial charge on any atom is -1.00 e. The van der Waals surface area contributed by atoms with E-state index in [1.165, 1.54) is 44.9 Å². The molecule has 0 fully saturated rings. The van der Waals surface area contributed by atoms with E-state index in [9.17, 15) is 10.2 Å². The number of nitrogens with zero attached hydrogens (tertiary/aromatic N) is 3. The first-order valence-corrected chi connectivity index (χ1v) is 14.6. The van der Waals surface area contributed by atoms with Gasteiger partial charge in [-0.1, -0.05) is 51.9 Å². The normalized spacial score (nSPS) is 13.9. The van der Waals surface area contributed by atoms with Crippen LogP contribution in [0, 0.1) is 0 Å². The van der Waals surface area contributed by atoms with Crippen LogP contribution in [0.2, 0.25) is 0 Å². The van der Waals surface area contributed by atoms with Crippen molar-refractivity contribution in [1.29, 1.82) is 0 Å². The van der Waals surface area contributed by atoms with E-state index in [0.29, 0.717) is 13.1 Å². The van der Waals surface area contributed by atoms with Gasteiger partial charge in [-0.2, -0.15) is 0 Å². The van der Waals surface area contributed by atoms with Gasteiger partial charge in [0.15, 0.2) is 0 Å². The monoisotopic (exact) mass is 543 g/mol. The lowest BCUT2D eigenvalue weighted by Gasteiger charge is -2.40. The van der Waals surface area contributed by atoms with E-state index in [1.54, 1.807) is 0 Å². The molecule has 0 aromatic carbocycles. The average Bonchev–Trinajstić information content (AvgIpc) is 2.82. The van der Waals surface area contributed by atoms with Gasteiger partial charge in [-0.05, 0) is 54.5 Å². The van der Waals surface area contributed by atoms with Crippen LogP contribution in [-0.2, 0) is 0 Å². The van der Waals surface area contributed by atoms with Crippen LogP contribution in [0.4, 0.5) is 0 Å². The summed E-state index contributed by atoms with van der Waals surface area (Å²) in [4.78, 5) is 2.36. The Bertz CT molecular complexity index is 403. The van der Waals surface area contributed by atoms with Gasteiger partial charge in [0.05, 0.1) is 39.3 Å². The number of aliphatic hydroxyl groups is 2. The minimum absolute atomic E-state index is 0. The maximum atomic E-state index is 11.0. The van der Waals surface area contributed by atoms with Gasteiger partial charge in [-0.15, -0.1) is 0 Å². The molecule has 0 aliphatic rings. The molecule has 0 aliphatic heterocycles.